The second-order valence-electron chi connectivity index (χ2n) is 4.15. The fourth-order valence-electron chi connectivity index (χ4n) is 1.73. The lowest BCUT2D eigenvalue weighted by atomic mass is 10.2. The number of benzene rings is 1. The Morgan fingerprint density at radius 1 is 1.33 bits per heavy atom. The van der Waals surface area contributed by atoms with Gasteiger partial charge < -0.3 is 16.0 Å². The second-order valence-corrected chi connectivity index (χ2v) is 4.15. The fourth-order valence-corrected chi connectivity index (χ4v) is 1.73. The Morgan fingerprint density at radius 2 is 1.95 bits per heavy atom. The predicted octanol–water partition coefficient (Wildman–Crippen LogP) is 1.83. The molecule has 1 aromatic rings. The van der Waals surface area contributed by atoms with Gasteiger partial charge in [0.1, 0.15) is 5.82 Å². The maximum atomic E-state index is 13.4. The molecule has 5 nitrogen and oxygen atoms in total. The van der Waals surface area contributed by atoms with E-state index in [4.69, 9.17) is 5.73 Å². The number of hydrogen-bond donors (Lipinski definition) is 2. The summed E-state index contributed by atoms with van der Waals surface area (Å²) in [6.07, 6.45) is 0. The van der Waals surface area contributed by atoms with Crippen molar-refractivity contribution < 1.29 is 9.18 Å². The van der Waals surface area contributed by atoms with Crippen LogP contribution in [0.4, 0.5) is 4.39 Å². The molecule has 0 heterocycles. The van der Waals surface area contributed by atoms with Crippen LogP contribution in [0.15, 0.2) is 29.3 Å². The Hall–Kier alpha value is -1.38. The van der Waals surface area contributed by atoms with Crippen LogP contribution in [-0.2, 0) is 0 Å². The van der Waals surface area contributed by atoms with Gasteiger partial charge in [0.15, 0.2) is 5.96 Å². The van der Waals surface area contributed by atoms with Crippen LogP contribution in [0.1, 0.15) is 24.2 Å². The number of nitrogens with one attached hydrogen (secondary N) is 1. The quantitative estimate of drug-likeness (QED) is 0.327. The molecule has 0 spiro atoms. The summed E-state index contributed by atoms with van der Waals surface area (Å²) in [6.45, 7) is 6.23. The number of halogens is 2. The summed E-state index contributed by atoms with van der Waals surface area (Å²) in [5.41, 5.74) is 5.83. The molecule has 0 aliphatic carbocycles. The van der Waals surface area contributed by atoms with Gasteiger partial charge in [0.2, 0.25) is 0 Å². The number of nitrogens with zero attached hydrogens (tertiary/aromatic N) is 2. The van der Waals surface area contributed by atoms with Crippen LogP contribution in [0.5, 0.6) is 0 Å². The third kappa shape index (κ3) is 6.28. The zero-order valence-corrected chi connectivity index (χ0v) is 14.6. The largest absolute Gasteiger partial charge is 0.370 e. The molecule has 1 rings (SSSR count). The highest BCUT2D eigenvalue weighted by Crippen LogP contribution is 2.05. The molecule has 0 aliphatic heterocycles. The summed E-state index contributed by atoms with van der Waals surface area (Å²) in [5, 5.41) is 2.61. The van der Waals surface area contributed by atoms with Crippen LogP contribution in [0.25, 0.3) is 0 Å². The summed E-state index contributed by atoms with van der Waals surface area (Å²) >= 11 is 0. The van der Waals surface area contributed by atoms with Crippen molar-refractivity contribution in [3.05, 3.63) is 35.6 Å². The maximum absolute atomic E-state index is 13.4. The van der Waals surface area contributed by atoms with Crippen molar-refractivity contribution in [3.8, 4) is 0 Å². The fraction of sp³-hybridized carbons (Fsp3) is 0.429. The standard InChI is InChI=1S/C14H21FN4O.HI/c1-3-19(4-2)14(16)18-10-9-17-13(20)11-7-5-6-8-12(11)15;/h5-8H,3-4,9-10H2,1-2H3,(H2,16,18)(H,17,20);1H. The zero-order chi connectivity index (χ0) is 15.0. The van der Waals surface area contributed by atoms with Gasteiger partial charge in [-0.3, -0.25) is 9.79 Å². The number of rotatable bonds is 6. The molecule has 0 aliphatic rings. The molecule has 0 bridgehead atoms. The van der Waals surface area contributed by atoms with Crippen molar-refractivity contribution in [1.82, 2.24) is 10.2 Å². The number of amides is 1. The molecule has 118 valence electrons. The second kappa shape index (κ2) is 10.4. The van der Waals surface area contributed by atoms with Crippen LogP contribution >= 0.6 is 24.0 Å². The Balaban J connectivity index is 0.00000400. The minimum absolute atomic E-state index is 0. The van der Waals surface area contributed by atoms with Crippen molar-refractivity contribution in [2.45, 2.75) is 13.8 Å². The Kier molecular flexibility index (Phi) is 9.68. The number of hydrogen-bond acceptors (Lipinski definition) is 2. The summed E-state index contributed by atoms with van der Waals surface area (Å²) in [4.78, 5) is 17.8. The van der Waals surface area contributed by atoms with E-state index in [0.717, 1.165) is 13.1 Å². The molecule has 21 heavy (non-hydrogen) atoms. The minimum atomic E-state index is -0.531. The summed E-state index contributed by atoms with van der Waals surface area (Å²) in [7, 11) is 0. The van der Waals surface area contributed by atoms with E-state index < -0.39 is 11.7 Å². The maximum Gasteiger partial charge on any atom is 0.254 e. The Labute approximate surface area is 141 Å². The van der Waals surface area contributed by atoms with E-state index >= 15 is 0 Å². The number of aliphatic imine (C=N–C) groups is 1. The van der Waals surface area contributed by atoms with E-state index in [1.54, 1.807) is 12.1 Å². The van der Waals surface area contributed by atoms with Gasteiger partial charge >= 0.3 is 0 Å². The zero-order valence-electron chi connectivity index (χ0n) is 12.3. The van der Waals surface area contributed by atoms with E-state index in [9.17, 15) is 9.18 Å². The third-order valence-electron chi connectivity index (χ3n) is 2.88. The van der Waals surface area contributed by atoms with Crippen molar-refractivity contribution >= 4 is 35.8 Å². The molecule has 0 saturated carbocycles. The molecule has 0 fully saturated rings. The molecule has 1 aromatic carbocycles. The van der Waals surface area contributed by atoms with Crippen LogP contribution in [0.3, 0.4) is 0 Å². The first kappa shape index (κ1) is 19.6. The predicted molar refractivity (Wildman–Crippen MR) is 93.6 cm³/mol. The van der Waals surface area contributed by atoms with Gasteiger partial charge in [0.05, 0.1) is 12.1 Å². The summed E-state index contributed by atoms with van der Waals surface area (Å²) in [5.74, 6) is -0.522. The topological polar surface area (TPSA) is 70.7 Å². The number of guanidine groups is 1. The minimum Gasteiger partial charge on any atom is -0.370 e. The molecular weight excluding hydrogens is 386 g/mol. The molecule has 1 amide bonds. The SMILES string of the molecule is CCN(CC)C(N)=NCCNC(=O)c1ccccc1F.I. The van der Waals surface area contributed by atoms with Crippen molar-refractivity contribution in [3.63, 3.8) is 0 Å². The smallest absolute Gasteiger partial charge is 0.254 e. The van der Waals surface area contributed by atoms with Gasteiger partial charge in [-0.05, 0) is 26.0 Å². The normalized spacial score (nSPS) is 10.7. The van der Waals surface area contributed by atoms with Gasteiger partial charge in [0.25, 0.3) is 5.91 Å². The molecular formula is C14H22FIN4O. The highest BCUT2D eigenvalue weighted by Gasteiger charge is 2.09. The van der Waals surface area contributed by atoms with Crippen LogP contribution in [0, 0.1) is 5.82 Å². The average molecular weight is 408 g/mol. The van der Waals surface area contributed by atoms with Gasteiger partial charge in [-0.15, -0.1) is 24.0 Å². The monoisotopic (exact) mass is 408 g/mol. The van der Waals surface area contributed by atoms with Gasteiger partial charge in [-0.25, -0.2) is 4.39 Å². The van der Waals surface area contributed by atoms with Crippen molar-refractivity contribution in [2.75, 3.05) is 26.2 Å². The molecule has 0 unspecified atom stereocenters. The van der Waals surface area contributed by atoms with Crippen LogP contribution in [-0.4, -0.2) is 42.9 Å². The molecule has 0 atom stereocenters. The summed E-state index contributed by atoms with van der Waals surface area (Å²) < 4.78 is 13.4. The lowest BCUT2D eigenvalue weighted by Crippen LogP contribution is -2.37. The lowest BCUT2D eigenvalue weighted by molar-refractivity contribution is 0.0951. The van der Waals surface area contributed by atoms with Crippen molar-refractivity contribution in [2.24, 2.45) is 10.7 Å². The first-order valence-corrected chi connectivity index (χ1v) is 6.67. The summed E-state index contributed by atoms with van der Waals surface area (Å²) in [6, 6.07) is 5.86. The molecule has 3 N–H and O–H groups in total. The van der Waals surface area contributed by atoms with Gasteiger partial charge in [0, 0.05) is 19.6 Å². The lowest BCUT2D eigenvalue weighted by Gasteiger charge is -2.19. The van der Waals surface area contributed by atoms with E-state index in [2.05, 4.69) is 10.3 Å². The number of nitrogens with two attached hydrogens (primary N) is 1. The Morgan fingerprint density at radius 3 is 2.52 bits per heavy atom. The van der Waals surface area contributed by atoms with Crippen LogP contribution in [0.2, 0.25) is 0 Å². The van der Waals surface area contributed by atoms with Crippen LogP contribution < -0.4 is 11.1 Å². The first-order valence-electron chi connectivity index (χ1n) is 6.67. The molecule has 0 saturated heterocycles. The van der Waals surface area contributed by atoms with E-state index in [1.165, 1.54) is 12.1 Å². The highest BCUT2D eigenvalue weighted by atomic mass is 127. The highest BCUT2D eigenvalue weighted by molar-refractivity contribution is 14.0. The molecule has 0 aromatic heterocycles. The first-order chi connectivity index (χ1) is 9.60. The number of carbonyl (C=O) groups excluding carboxylic acids is 1. The number of carbonyl (C=O) groups is 1. The molecule has 0 radical (unpaired) electrons. The van der Waals surface area contributed by atoms with E-state index in [1.807, 2.05) is 18.7 Å². The van der Waals surface area contributed by atoms with Gasteiger partial charge in [-0.2, -0.15) is 0 Å². The van der Waals surface area contributed by atoms with Crippen molar-refractivity contribution in [1.29, 1.82) is 0 Å². The van der Waals surface area contributed by atoms with E-state index in [-0.39, 0.29) is 29.5 Å². The molecule has 7 heteroatoms. The third-order valence-corrected chi connectivity index (χ3v) is 2.88. The van der Waals surface area contributed by atoms with E-state index in [0.29, 0.717) is 19.0 Å². The average Bonchev–Trinajstić information content (AvgIpc) is 2.45. The Bertz CT molecular complexity index is 478. The van der Waals surface area contributed by atoms with Gasteiger partial charge in [-0.1, -0.05) is 12.1 Å².